The smallest absolute Gasteiger partial charge is 0.408 e. The van der Waals surface area contributed by atoms with Crippen LogP contribution >= 0.6 is 0 Å². The summed E-state index contributed by atoms with van der Waals surface area (Å²) in [5, 5.41) is 2.92. The molecule has 1 N–H and O–H groups in total. The highest BCUT2D eigenvalue weighted by atomic mass is 32.2. The second-order valence-corrected chi connectivity index (χ2v) is 8.73. The molecule has 0 bridgehead atoms. The average Bonchev–Trinajstić information content (AvgIpc) is 2.42. The third kappa shape index (κ3) is 5.79. The minimum absolute atomic E-state index is 0.0241. The molecule has 0 saturated carbocycles. The largest absolute Gasteiger partial charge is 0.444 e. The van der Waals surface area contributed by atoms with Crippen molar-refractivity contribution in [1.82, 2.24) is 5.32 Å². The van der Waals surface area contributed by atoms with Crippen LogP contribution in [0.15, 0.2) is 18.2 Å². The van der Waals surface area contributed by atoms with Gasteiger partial charge in [-0.05, 0) is 56.7 Å². The molecule has 1 aliphatic rings. The number of carbonyl (C=O) groups is 1. The van der Waals surface area contributed by atoms with Crippen LogP contribution in [0.3, 0.4) is 0 Å². The van der Waals surface area contributed by atoms with Crippen LogP contribution in [-0.4, -0.2) is 26.4 Å². The number of rotatable bonds is 4. The van der Waals surface area contributed by atoms with Crippen LogP contribution in [0.1, 0.15) is 56.3 Å². The van der Waals surface area contributed by atoms with Crippen LogP contribution < -0.4 is 5.32 Å². The van der Waals surface area contributed by atoms with Gasteiger partial charge in [-0.2, -0.15) is 8.42 Å². The summed E-state index contributed by atoms with van der Waals surface area (Å²) in [5.41, 5.74) is 2.43. The molecule has 134 valence electrons. The van der Waals surface area contributed by atoms with E-state index in [9.17, 15) is 13.2 Å². The summed E-state index contributed by atoms with van der Waals surface area (Å²) in [6.07, 6.45) is 3.31. The Kier molecular flexibility index (Phi) is 5.55. The molecule has 0 spiro atoms. The molecule has 1 amide bonds. The van der Waals surface area contributed by atoms with Crippen LogP contribution in [0.4, 0.5) is 4.79 Å². The summed E-state index contributed by atoms with van der Waals surface area (Å²) < 4.78 is 32.3. The van der Waals surface area contributed by atoms with Gasteiger partial charge in [-0.15, -0.1) is 0 Å². The summed E-state index contributed by atoms with van der Waals surface area (Å²) in [6, 6.07) is 5.62. The maximum Gasteiger partial charge on any atom is 0.408 e. The summed E-state index contributed by atoms with van der Waals surface area (Å²) >= 11 is 0. The van der Waals surface area contributed by atoms with Crippen LogP contribution in [0, 0.1) is 0 Å². The number of alkyl carbamates (subject to hydrolysis) is 1. The SMILES string of the molecule is CC(C)(C)OC(=O)N[C@@H]1CCCc2cc(COS(C)(=O)=O)ccc21. The summed E-state index contributed by atoms with van der Waals surface area (Å²) in [7, 11) is -3.46. The summed E-state index contributed by atoms with van der Waals surface area (Å²) in [5.74, 6) is 0. The molecule has 0 aliphatic heterocycles. The number of fused-ring (bicyclic) bond motifs is 1. The molecule has 2 rings (SSSR count). The molecule has 0 radical (unpaired) electrons. The van der Waals surface area contributed by atoms with Gasteiger partial charge in [0.2, 0.25) is 0 Å². The monoisotopic (exact) mass is 355 g/mol. The van der Waals surface area contributed by atoms with Gasteiger partial charge in [0.1, 0.15) is 5.60 Å². The second kappa shape index (κ2) is 7.11. The van der Waals surface area contributed by atoms with E-state index in [4.69, 9.17) is 8.92 Å². The van der Waals surface area contributed by atoms with E-state index < -0.39 is 21.8 Å². The van der Waals surface area contributed by atoms with Gasteiger partial charge < -0.3 is 10.1 Å². The van der Waals surface area contributed by atoms with Crippen molar-refractivity contribution < 1.29 is 22.1 Å². The highest BCUT2D eigenvalue weighted by molar-refractivity contribution is 7.85. The maximum atomic E-state index is 12.0. The van der Waals surface area contributed by atoms with Crippen molar-refractivity contribution in [1.29, 1.82) is 0 Å². The summed E-state index contributed by atoms with van der Waals surface area (Å²) in [4.78, 5) is 12.0. The van der Waals surface area contributed by atoms with Crippen molar-refractivity contribution in [3.8, 4) is 0 Å². The molecule has 0 saturated heterocycles. The molecule has 7 heteroatoms. The van der Waals surface area contributed by atoms with Crippen molar-refractivity contribution in [3.63, 3.8) is 0 Å². The molecule has 0 unspecified atom stereocenters. The molecule has 1 aromatic rings. The number of amides is 1. The van der Waals surface area contributed by atoms with Gasteiger partial charge in [0, 0.05) is 0 Å². The number of benzene rings is 1. The quantitative estimate of drug-likeness (QED) is 0.840. The normalized spacial score (nSPS) is 17.9. The predicted octanol–water partition coefficient (Wildman–Crippen LogP) is 3.06. The number of aryl methyl sites for hydroxylation is 1. The Bertz CT molecular complexity index is 706. The summed E-state index contributed by atoms with van der Waals surface area (Å²) in [6.45, 7) is 5.51. The Balaban J connectivity index is 2.09. The van der Waals surface area contributed by atoms with Crippen molar-refractivity contribution in [3.05, 3.63) is 34.9 Å². The van der Waals surface area contributed by atoms with Crippen LogP contribution in [0.25, 0.3) is 0 Å². The van der Waals surface area contributed by atoms with E-state index in [1.165, 1.54) is 0 Å². The lowest BCUT2D eigenvalue weighted by Crippen LogP contribution is -2.36. The Morgan fingerprint density at radius 2 is 2.04 bits per heavy atom. The van der Waals surface area contributed by atoms with E-state index in [2.05, 4.69) is 5.32 Å². The van der Waals surface area contributed by atoms with Gasteiger partial charge >= 0.3 is 6.09 Å². The molecule has 1 aliphatic carbocycles. The second-order valence-electron chi connectivity index (χ2n) is 7.09. The first kappa shape index (κ1) is 18.7. The third-order valence-corrected chi connectivity index (χ3v) is 4.20. The van der Waals surface area contributed by atoms with E-state index >= 15 is 0 Å². The first-order valence-electron chi connectivity index (χ1n) is 7.99. The minimum atomic E-state index is -3.46. The maximum absolute atomic E-state index is 12.0. The number of hydrogen-bond acceptors (Lipinski definition) is 5. The van der Waals surface area contributed by atoms with E-state index in [-0.39, 0.29) is 12.6 Å². The van der Waals surface area contributed by atoms with Crippen LogP contribution in [0.5, 0.6) is 0 Å². The number of ether oxygens (including phenoxy) is 1. The van der Waals surface area contributed by atoms with Gasteiger partial charge in [-0.3, -0.25) is 4.18 Å². The van der Waals surface area contributed by atoms with Crippen LogP contribution in [-0.2, 0) is 32.1 Å². The van der Waals surface area contributed by atoms with Gasteiger partial charge in [-0.1, -0.05) is 18.2 Å². The Morgan fingerprint density at radius 3 is 2.67 bits per heavy atom. The van der Waals surface area contributed by atoms with Crippen molar-refractivity contribution >= 4 is 16.2 Å². The van der Waals surface area contributed by atoms with Gasteiger partial charge in [-0.25, -0.2) is 4.79 Å². The van der Waals surface area contributed by atoms with Crippen molar-refractivity contribution in [2.24, 2.45) is 0 Å². The van der Waals surface area contributed by atoms with Crippen molar-refractivity contribution in [2.75, 3.05) is 6.26 Å². The third-order valence-electron chi connectivity index (χ3n) is 3.65. The Hall–Kier alpha value is -1.60. The highest BCUT2D eigenvalue weighted by Crippen LogP contribution is 2.31. The fraction of sp³-hybridized carbons (Fsp3) is 0.588. The van der Waals surface area contributed by atoms with Gasteiger partial charge in [0.25, 0.3) is 10.1 Å². The lowest BCUT2D eigenvalue weighted by atomic mass is 9.87. The topological polar surface area (TPSA) is 81.7 Å². The minimum Gasteiger partial charge on any atom is -0.444 e. The molecule has 0 heterocycles. The fourth-order valence-corrected chi connectivity index (χ4v) is 3.08. The molecule has 0 fully saturated rings. The highest BCUT2D eigenvalue weighted by Gasteiger charge is 2.24. The van der Waals surface area contributed by atoms with Crippen molar-refractivity contribution in [2.45, 2.75) is 58.3 Å². The molecular formula is C17H25NO5S. The van der Waals surface area contributed by atoms with Gasteiger partial charge in [0.15, 0.2) is 0 Å². The zero-order chi connectivity index (χ0) is 18.0. The zero-order valence-electron chi connectivity index (χ0n) is 14.6. The first-order valence-corrected chi connectivity index (χ1v) is 9.81. The lowest BCUT2D eigenvalue weighted by molar-refractivity contribution is 0.0498. The predicted molar refractivity (Wildman–Crippen MR) is 91.1 cm³/mol. The number of carbonyl (C=O) groups excluding carboxylic acids is 1. The van der Waals surface area contributed by atoms with Gasteiger partial charge in [0.05, 0.1) is 18.9 Å². The van der Waals surface area contributed by atoms with E-state index in [0.717, 1.165) is 42.2 Å². The lowest BCUT2D eigenvalue weighted by Gasteiger charge is -2.28. The Labute approximate surface area is 143 Å². The number of hydrogen-bond donors (Lipinski definition) is 1. The van der Waals surface area contributed by atoms with E-state index in [0.29, 0.717) is 0 Å². The molecule has 24 heavy (non-hydrogen) atoms. The number of nitrogens with one attached hydrogen (secondary N) is 1. The Morgan fingerprint density at radius 1 is 1.33 bits per heavy atom. The fourth-order valence-electron chi connectivity index (χ4n) is 2.73. The van der Waals surface area contributed by atoms with E-state index in [1.54, 1.807) is 0 Å². The van der Waals surface area contributed by atoms with E-state index in [1.807, 2.05) is 39.0 Å². The standard InChI is InChI=1S/C17H25NO5S/c1-17(2,3)23-16(19)18-15-7-5-6-13-10-12(8-9-14(13)15)11-22-24(4,20)21/h8-10,15H,5-7,11H2,1-4H3,(H,18,19)/t15-/m1/s1. The first-order chi connectivity index (χ1) is 11.0. The average molecular weight is 355 g/mol. The zero-order valence-corrected chi connectivity index (χ0v) is 15.4. The van der Waals surface area contributed by atoms with Crippen LogP contribution in [0.2, 0.25) is 0 Å². The molecule has 6 nitrogen and oxygen atoms in total. The molecular weight excluding hydrogens is 330 g/mol. The molecule has 1 aromatic carbocycles. The molecule has 0 aromatic heterocycles. The molecule has 1 atom stereocenters.